The highest BCUT2D eigenvalue weighted by Gasteiger charge is 2.19. The molecular formula is C14H12Cl2N2O2. The van der Waals surface area contributed by atoms with Crippen LogP contribution in [-0.4, -0.2) is 16.1 Å². The third-order valence-corrected chi connectivity index (χ3v) is 3.30. The van der Waals surface area contributed by atoms with Crippen molar-refractivity contribution in [2.24, 2.45) is 0 Å². The van der Waals surface area contributed by atoms with Gasteiger partial charge in [-0.25, -0.2) is 9.78 Å². The SMILES string of the molecule is C[C@@H](Nc1nc(Cl)cc(Cl)c1C(=O)O)c1ccccc1. The van der Waals surface area contributed by atoms with Crippen molar-refractivity contribution >= 4 is 35.0 Å². The van der Waals surface area contributed by atoms with E-state index < -0.39 is 5.97 Å². The first-order valence-electron chi connectivity index (χ1n) is 5.90. The van der Waals surface area contributed by atoms with Gasteiger partial charge in [0.1, 0.15) is 16.5 Å². The van der Waals surface area contributed by atoms with Crippen molar-refractivity contribution in [3.8, 4) is 0 Å². The van der Waals surface area contributed by atoms with Gasteiger partial charge < -0.3 is 10.4 Å². The average molecular weight is 311 g/mol. The van der Waals surface area contributed by atoms with Crippen LogP contribution in [0, 0.1) is 0 Å². The van der Waals surface area contributed by atoms with Gasteiger partial charge in [-0.3, -0.25) is 0 Å². The molecule has 1 heterocycles. The second-order valence-corrected chi connectivity index (χ2v) is 5.03. The Kier molecular flexibility index (Phi) is 4.47. The standard InChI is InChI=1S/C14H12Cl2N2O2/c1-8(9-5-3-2-4-6-9)17-13-12(14(19)20)10(15)7-11(16)18-13/h2-8H,1H3,(H,17,18)(H,19,20)/t8-/m1/s1. The second-order valence-electron chi connectivity index (χ2n) is 4.23. The van der Waals surface area contributed by atoms with E-state index in [1.807, 2.05) is 37.3 Å². The Balaban J connectivity index is 2.36. The number of carbonyl (C=O) groups is 1. The summed E-state index contributed by atoms with van der Waals surface area (Å²) in [6.07, 6.45) is 0. The molecule has 2 aromatic rings. The van der Waals surface area contributed by atoms with Crippen LogP contribution in [0.2, 0.25) is 10.2 Å². The van der Waals surface area contributed by atoms with Crippen molar-refractivity contribution in [2.45, 2.75) is 13.0 Å². The molecule has 104 valence electrons. The summed E-state index contributed by atoms with van der Waals surface area (Å²) < 4.78 is 0. The van der Waals surface area contributed by atoms with Crippen LogP contribution in [0.5, 0.6) is 0 Å². The maximum absolute atomic E-state index is 11.3. The maximum Gasteiger partial charge on any atom is 0.341 e. The monoisotopic (exact) mass is 310 g/mol. The summed E-state index contributed by atoms with van der Waals surface area (Å²) in [4.78, 5) is 15.3. The van der Waals surface area contributed by atoms with Gasteiger partial charge in [-0.2, -0.15) is 0 Å². The molecule has 0 saturated heterocycles. The third kappa shape index (κ3) is 3.21. The summed E-state index contributed by atoms with van der Waals surface area (Å²) in [6, 6.07) is 10.8. The Bertz CT molecular complexity index is 633. The minimum Gasteiger partial charge on any atom is -0.478 e. The molecule has 0 bridgehead atoms. The summed E-state index contributed by atoms with van der Waals surface area (Å²) in [5.74, 6) is -0.992. The number of hydrogen-bond donors (Lipinski definition) is 2. The first kappa shape index (κ1) is 14.6. The zero-order valence-electron chi connectivity index (χ0n) is 10.6. The largest absolute Gasteiger partial charge is 0.478 e. The maximum atomic E-state index is 11.3. The van der Waals surface area contributed by atoms with Crippen LogP contribution in [0.1, 0.15) is 28.9 Å². The molecule has 0 amide bonds. The molecule has 0 aliphatic rings. The number of halogens is 2. The lowest BCUT2D eigenvalue weighted by Crippen LogP contribution is -2.13. The molecule has 20 heavy (non-hydrogen) atoms. The molecule has 0 unspecified atom stereocenters. The van der Waals surface area contributed by atoms with E-state index in [-0.39, 0.29) is 27.6 Å². The van der Waals surface area contributed by atoms with Gasteiger partial charge in [0.15, 0.2) is 0 Å². The van der Waals surface area contributed by atoms with Crippen LogP contribution in [-0.2, 0) is 0 Å². The molecule has 0 saturated carbocycles. The molecule has 0 spiro atoms. The van der Waals surface area contributed by atoms with Crippen LogP contribution in [0.4, 0.5) is 5.82 Å². The lowest BCUT2D eigenvalue weighted by Gasteiger charge is -2.17. The van der Waals surface area contributed by atoms with Gasteiger partial charge in [0, 0.05) is 6.04 Å². The number of hydrogen-bond acceptors (Lipinski definition) is 3. The minimum absolute atomic E-state index is 0.0558. The van der Waals surface area contributed by atoms with Crippen LogP contribution < -0.4 is 5.32 Å². The molecule has 6 heteroatoms. The predicted octanol–water partition coefficient (Wildman–Crippen LogP) is 4.26. The Morgan fingerprint density at radius 3 is 2.55 bits per heavy atom. The first-order valence-corrected chi connectivity index (χ1v) is 6.65. The molecule has 1 atom stereocenters. The van der Waals surface area contributed by atoms with Crippen LogP contribution in [0.15, 0.2) is 36.4 Å². The molecule has 0 radical (unpaired) electrons. The predicted molar refractivity (Wildman–Crippen MR) is 79.7 cm³/mol. The van der Waals surface area contributed by atoms with Gasteiger partial charge in [-0.15, -0.1) is 0 Å². The molecule has 1 aromatic carbocycles. The summed E-state index contributed by atoms with van der Waals surface area (Å²) in [5.41, 5.74) is 0.917. The summed E-state index contributed by atoms with van der Waals surface area (Å²) in [7, 11) is 0. The fourth-order valence-electron chi connectivity index (χ4n) is 1.82. The Morgan fingerprint density at radius 2 is 1.95 bits per heavy atom. The van der Waals surface area contributed by atoms with E-state index in [2.05, 4.69) is 10.3 Å². The quantitative estimate of drug-likeness (QED) is 0.828. The molecule has 2 N–H and O–H groups in total. The normalized spacial score (nSPS) is 11.9. The number of benzene rings is 1. The Morgan fingerprint density at radius 1 is 1.30 bits per heavy atom. The van der Waals surface area contributed by atoms with Gasteiger partial charge in [-0.05, 0) is 18.6 Å². The molecular weight excluding hydrogens is 299 g/mol. The molecule has 4 nitrogen and oxygen atoms in total. The smallest absolute Gasteiger partial charge is 0.341 e. The lowest BCUT2D eigenvalue weighted by molar-refractivity contribution is 0.0697. The average Bonchev–Trinajstić information content (AvgIpc) is 2.38. The number of carboxylic acids is 1. The van der Waals surface area contributed by atoms with Crippen LogP contribution >= 0.6 is 23.2 Å². The number of aromatic carboxylic acids is 1. The molecule has 0 fully saturated rings. The fourth-order valence-corrected chi connectivity index (χ4v) is 2.35. The molecule has 1 aromatic heterocycles. The second kappa shape index (κ2) is 6.11. The van der Waals surface area contributed by atoms with Crippen LogP contribution in [0.3, 0.4) is 0 Å². The molecule has 2 rings (SSSR count). The lowest BCUT2D eigenvalue weighted by atomic mass is 10.1. The number of rotatable bonds is 4. The highest BCUT2D eigenvalue weighted by atomic mass is 35.5. The number of carboxylic acid groups (broad SMARTS) is 1. The first-order chi connectivity index (χ1) is 9.49. The van der Waals surface area contributed by atoms with Crippen molar-refractivity contribution in [3.63, 3.8) is 0 Å². The fraction of sp³-hybridized carbons (Fsp3) is 0.143. The Hall–Kier alpha value is -1.78. The number of pyridine rings is 1. The van der Waals surface area contributed by atoms with Crippen molar-refractivity contribution in [1.29, 1.82) is 0 Å². The van der Waals surface area contributed by atoms with E-state index >= 15 is 0 Å². The number of anilines is 1. The van der Waals surface area contributed by atoms with Gasteiger partial charge >= 0.3 is 5.97 Å². The van der Waals surface area contributed by atoms with Crippen molar-refractivity contribution in [3.05, 3.63) is 57.7 Å². The zero-order chi connectivity index (χ0) is 14.7. The number of nitrogens with zero attached hydrogens (tertiary/aromatic N) is 1. The van der Waals surface area contributed by atoms with Crippen LogP contribution in [0.25, 0.3) is 0 Å². The van der Waals surface area contributed by atoms with E-state index in [1.165, 1.54) is 6.07 Å². The minimum atomic E-state index is -1.15. The van der Waals surface area contributed by atoms with Crippen molar-refractivity contribution in [1.82, 2.24) is 4.98 Å². The van der Waals surface area contributed by atoms with E-state index in [1.54, 1.807) is 0 Å². The van der Waals surface area contributed by atoms with E-state index in [0.717, 1.165) is 5.56 Å². The highest BCUT2D eigenvalue weighted by molar-refractivity contribution is 6.36. The highest BCUT2D eigenvalue weighted by Crippen LogP contribution is 2.28. The van der Waals surface area contributed by atoms with Gasteiger partial charge in [-0.1, -0.05) is 53.5 Å². The van der Waals surface area contributed by atoms with Crippen molar-refractivity contribution < 1.29 is 9.90 Å². The van der Waals surface area contributed by atoms with E-state index in [9.17, 15) is 9.90 Å². The molecule has 0 aliphatic carbocycles. The number of nitrogens with one attached hydrogen (secondary N) is 1. The van der Waals surface area contributed by atoms with Crippen molar-refractivity contribution in [2.75, 3.05) is 5.32 Å². The van der Waals surface area contributed by atoms with Gasteiger partial charge in [0.2, 0.25) is 0 Å². The Labute approximate surface area is 126 Å². The number of aromatic nitrogens is 1. The summed E-state index contributed by atoms with van der Waals surface area (Å²) in [6.45, 7) is 1.90. The molecule has 0 aliphatic heterocycles. The summed E-state index contributed by atoms with van der Waals surface area (Å²) >= 11 is 11.7. The summed E-state index contributed by atoms with van der Waals surface area (Å²) in [5, 5.41) is 12.4. The zero-order valence-corrected chi connectivity index (χ0v) is 12.1. The van der Waals surface area contributed by atoms with Gasteiger partial charge in [0.25, 0.3) is 0 Å². The topological polar surface area (TPSA) is 62.2 Å². The van der Waals surface area contributed by atoms with E-state index in [4.69, 9.17) is 23.2 Å². The van der Waals surface area contributed by atoms with E-state index in [0.29, 0.717) is 0 Å². The third-order valence-electron chi connectivity index (χ3n) is 2.81. The van der Waals surface area contributed by atoms with Gasteiger partial charge in [0.05, 0.1) is 5.02 Å².